The predicted molar refractivity (Wildman–Crippen MR) is 76.7 cm³/mol. The number of β-amino-alcohol motifs (C(OH)–C–C–N with tert-alkyl or cyclic N) is 1. The molecule has 1 heterocycles. The molecule has 0 aromatic heterocycles. The number of aryl methyl sites for hydroxylation is 1. The Morgan fingerprint density at radius 1 is 1.45 bits per heavy atom. The van der Waals surface area contributed by atoms with Crippen LogP contribution < -0.4 is 5.32 Å². The maximum Gasteiger partial charge on any atom is 0.326 e. The lowest BCUT2D eigenvalue weighted by atomic mass is 10.2. The number of rotatable bonds is 2. The van der Waals surface area contributed by atoms with Crippen molar-refractivity contribution in [1.29, 1.82) is 0 Å². The third-order valence-electron chi connectivity index (χ3n) is 3.26. The summed E-state index contributed by atoms with van der Waals surface area (Å²) in [5.41, 5.74) is 1.53. The van der Waals surface area contributed by atoms with Gasteiger partial charge in [-0.05, 0) is 34.5 Å². The standard InChI is InChI=1S/C13H15BrN2O4/c1-7-3-2-4-9(11(7)14)15-13(20)16-6-8(17)5-10(16)12(18)19/h2-4,8,10,17H,5-6H2,1H3,(H,15,20)(H,18,19)/t8-,10+/m1/s1. The molecule has 0 spiro atoms. The van der Waals surface area contributed by atoms with Crippen LogP contribution in [0, 0.1) is 6.92 Å². The lowest BCUT2D eigenvalue weighted by molar-refractivity contribution is -0.141. The molecule has 1 aliphatic rings. The first-order valence-corrected chi connectivity index (χ1v) is 6.93. The molecule has 1 saturated heterocycles. The van der Waals surface area contributed by atoms with Gasteiger partial charge < -0.3 is 20.4 Å². The Labute approximate surface area is 124 Å². The van der Waals surface area contributed by atoms with Crippen molar-refractivity contribution in [2.24, 2.45) is 0 Å². The molecule has 0 bridgehead atoms. The normalized spacial score (nSPS) is 21.9. The van der Waals surface area contributed by atoms with Gasteiger partial charge in [-0.3, -0.25) is 0 Å². The summed E-state index contributed by atoms with van der Waals surface area (Å²) in [5, 5.41) is 21.3. The highest BCUT2D eigenvalue weighted by Crippen LogP contribution is 2.27. The Balaban J connectivity index is 2.15. The van der Waals surface area contributed by atoms with E-state index >= 15 is 0 Å². The lowest BCUT2D eigenvalue weighted by Gasteiger charge is -2.22. The van der Waals surface area contributed by atoms with Gasteiger partial charge in [-0.1, -0.05) is 12.1 Å². The number of anilines is 1. The number of aliphatic hydroxyl groups excluding tert-OH is 1. The average molecular weight is 343 g/mol. The van der Waals surface area contributed by atoms with Gasteiger partial charge in [-0.25, -0.2) is 9.59 Å². The number of aliphatic carboxylic acids is 1. The summed E-state index contributed by atoms with van der Waals surface area (Å²) in [6, 6.07) is 3.88. The van der Waals surface area contributed by atoms with Gasteiger partial charge in [0.15, 0.2) is 0 Å². The Bertz CT molecular complexity index is 549. The molecule has 1 fully saturated rings. The van der Waals surface area contributed by atoms with Crippen LogP contribution in [0.15, 0.2) is 22.7 Å². The fraction of sp³-hybridized carbons (Fsp3) is 0.385. The summed E-state index contributed by atoms with van der Waals surface area (Å²) in [7, 11) is 0. The maximum absolute atomic E-state index is 12.2. The van der Waals surface area contributed by atoms with E-state index in [1.165, 1.54) is 0 Å². The monoisotopic (exact) mass is 342 g/mol. The molecule has 108 valence electrons. The number of urea groups is 1. The molecular formula is C13H15BrN2O4. The summed E-state index contributed by atoms with van der Waals surface area (Å²) >= 11 is 3.37. The van der Waals surface area contributed by atoms with E-state index in [2.05, 4.69) is 21.2 Å². The average Bonchev–Trinajstić information content (AvgIpc) is 2.77. The maximum atomic E-state index is 12.2. The predicted octanol–water partition coefficient (Wildman–Crippen LogP) is 1.81. The van der Waals surface area contributed by atoms with E-state index < -0.39 is 24.1 Å². The molecule has 0 aliphatic carbocycles. The van der Waals surface area contributed by atoms with Crippen molar-refractivity contribution in [3.05, 3.63) is 28.2 Å². The Hall–Kier alpha value is -1.60. The number of carboxylic acid groups (broad SMARTS) is 1. The molecule has 0 radical (unpaired) electrons. The number of hydrogen-bond acceptors (Lipinski definition) is 3. The quantitative estimate of drug-likeness (QED) is 0.764. The number of aliphatic hydroxyl groups is 1. The smallest absolute Gasteiger partial charge is 0.326 e. The first kappa shape index (κ1) is 14.8. The number of benzene rings is 1. The van der Waals surface area contributed by atoms with E-state index in [-0.39, 0.29) is 13.0 Å². The number of nitrogens with one attached hydrogen (secondary N) is 1. The number of hydrogen-bond donors (Lipinski definition) is 3. The number of carbonyl (C=O) groups is 2. The van der Waals surface area contributed by atoms with E-state index in [1.54, 1.807) is 12.1 Å². The number of carbonyl (C=O) groups excluding carboxylic acids is 1. The van der Waals surface area contributed by atoms with E-state index in [0.717, 1.165) is 14.9 Å². The van der Waals surface area contributed by atoms with Crippen LogP contribution in [0.5, 0.6) is 0 Å². The van der Waals surface area contributed by atoms with Crippen LogP contribution >= 0.6 is 15.9 Å². The van der Waals surface area contributed by atoms with Gasteiger partial charge in [-0.15, -0.1) is 0 Å². The molecule has 6 nitrogen and oxygen atoms in total. The third-order valence-corrected chi connectivity index (χ3v) is 4.31. The van der Waals surface area contributed by atoms with Crippen LogP contribution in [0.3, 0.4) is 0 Å². The van der Waals surface area contributed by atoms with Crippen molar-refractivity contribution in [2.45, 2.75) is 25.5 Å². The first-order valence-electron chi connectivity index (χ1n) is 6.13. The summed E-state index contributed by atoms with van der Waals surface area (Å²) in [5.74, 6) is -1.11. The van der Waals surface area contributed by atoms with Gasteiger partial charge in [-0.2, -0.15) is 0 Å². The molecule has 1 aromatic carbocycles. The highest BCUT2D eigenvalue weighted by Gasteiger charge is 2.39. The van der Waals surface area contributed by atoms with E-state index in [4.69, 9.17) is 5.11 Å². The van der Waals surface area contributed by atoms with Crippen molar-refractivity contribution in [3.63, 3.8) is 0 Å². The summed E-state index contributed by atoms with van der Waals surface area (Å²) in [6.07, 6.45) is -0.750. The highest BCUT2D eigenvalue weighted by molar-refractivity contribution is 9.10. The Morgan fingerprint density at radius 2 is 2.15 bits per heavy atom. The van der Waals surface area contributed by atoms with Crippen LogP contribution in [0.25, 0.3) is 0 Å². The molecule has 2 amide bonds. The topological polar surface area (TPSA) is 89.9 Å². The van der Waals surface area contributed by atoms with Crippen LogP contribution in [0.2, 0.25) is 0 Å². The SMILES string of the molecule is Cc1cccc(NC(=O)N2C[C@H](O)C[C@H]2C(=O)O)c1Br. The third kappa shape index (κ3) is 2.94. The lowest BCUT2D eigenvalue weighted by Crippen LogP contribution is -2.43. The fourth-order valence-corrected chi connectivity index (χ4v) is 2.57. The molecule has 2 atom stereocenters. The van der Waals surface area contributed by atoms with E-state index in [0.29, 0.717) is 5.69 Å². The zero-order valence-corrected chi connectivity index (χ0v) is 12.4. The summed E-state index contributed by atoms with van der Waals surface area (Å²) < 4.78 is 0.750. The van der Waals surface area contributed by atoms with Crippen molar-refractivity contribution >= 4 is 33.6 Å². The minimum Gasteiger partial charge on any atom is -0.480 e. The number of carboxylic acids is 1. The van der Waals surface area contributed by atoms with Crippen molar-refractivity contribution in [1.82, 2.24) is 4.90 Å². The van der Waals surface area contributed by atoms with Crippen molar-refractivity contribution in [2.75, 3.05) is 11.9 Å². The molecule has 7 heteroatoms. The minimum absolute atomic E-state index is 0.0201. The molecular weight excluding hydrogens is 328 g/mol. The molecule has 0 unspecified atom stereocenters. The Kier molecular flexibility index (Phi) is 4.29. The fourth-order valence-electron chi connectivity index (χ4n) is 2.20. The minimum atomic E-state index is -1.11. The number of amides is 2. The largest absolute Gasteiger partial charge is 0.480 e. The van der Waals surface area contributed by atoms with Gasteiger partial charge in [0.25, 0.3) is 0 Å². The number of halogens is 1. The van der Waals surface area contributed by atoms with Crippen LogP contribution in [-0.4, -0.2) is 45.8 Å². The molecule has 2 rings (SSSR count). The van der Waals surface area contributed by atoms with Crippen LogP contribution in [0.1, 0.15) is 12.0 Å². The van der Waals surface area contributed by atoms with Gasteiger partial charge in [0.05, 0.1) is 11.8 Å². The zero-order chi connectivity index (χ0) is 14.9. The molecule has 1 aliphatic heterocycles. The van der Waals surface area contributed by atoms with Crippen molar-refractivity contribution in [3.8, 4) is 0 Å². The second-order valence-corrected chi connectivity index (χ2v) is 5.56. The summed E-state index contributed by atoms with van der Waals surface area (Å²) in [4.78, 5) is 24.4. The molecule has 0 saturated carbocycles. The number of likely N-dealkylation sites (tertiary alicyclic amines) is 1. The molecule has 1 aromatic rings. The van der Waals surface area contributed by atoms with Gasteiger partial charge >= 0.3 is 12.0 Å². The van der Waals surface area contributed by atoms with Crippen LogP contribution in [0.4, 0.5) is 10.5 Å². The van der Waals surface area contributed by atoms with Gasteiger partial charge in [0, 0.05) is 17.4 Å². The second kappa shape index (κ2) is 5.80. The zero-order valence-electron chi connectivity index (χ0n) is 10.8. The van der Waals surface area contributed by atoms with E-state index in [9.17, 15) is 14.7 Å². The summed E-state index contributed by atoms with van der Waals surface area (Å²) in [6.45, 7) is 1.91. The van der Waals surface area contributed by atoms with Gasteiger partial charge in [0.2, 0.25) is 0 Å². The first-order chi connectivity index (χ1) is 9.40. The van der Waals surface area contributed by atoms with Crippen molar-refractivity contribution < 1.29 is 19.8 Å². The van der Waals surface area contributed by atoms with Crippen LogP contribution in [-0.2, 0) is 4.79 Å². The number of nitrogens with zero attached hydrogens (tertiary/aromatic N) is 1. The van der Waals surface area contributed by atoms with E-state index in [1.807, 2.05) is 13.0 Å². The molecule has 20 heavy (non-hydrogen) atoms. The van der Waals surface area contributed by atoms with Gasteiger partial charge in [0.1, 0.15) is 6.04 Å². The Morgan fingerprint density at radius 3 is 2.80 bits per heavy atom. The molecule has 3 N–H and O–H groups in total. The second-order valence-electron chi connectivity index (χ2n) is 4.76. The highest BCUT2D eigenvalue weighted by atomic mass is 79.9.